The molecule has 0 fully saturated rings. The second kappa shape index (κ2) is 7.46. The minimum absolute atomic E-state index is 0.0777. The molecule has 1 heterocycles. The van der Waals surface area contributed by atoms with Gasteiger partial charge in [-0.3, -0.25) is 4.79 Å². The van der Waals surface area contributed by atoms with Crippen LogP contribution in [0.2, 0.25) is 0 Å². The van der Waals surface area contributed by atoms with Crippen molar-refractivity contribution in [2.75, 3.05) is 13.4 Å². The molecule has 0 aliphatic heterocycles. The van der Waals surface area contributed by atoms with Crippen molar-refractivity contribution in [2.45, 2.75) is 4.90 Å². The van der Waals surface area contributed by atoms with Gasteiger partial charge in [-0.15, -0.1) is 11.3 Å². The van der Waals surface area contributed by atoms with Gasteiger partial charge in [-0.05, 0) is 35.9 Å². The van der Waals surface area contributed by atoms with Crippen LogP contribution in [0.3, 0.4) is 0 Å². The summed E-state index contributed by atoms with van der Waals surface area (Å²) in [5.74, 6) is 0.612. The summed E-state index contributed by atoms with van der Waals surface area (Å²) in [4.78, 5) is 14.5. The van der Waals surface area contributed by atoms with E-state index >= 15 is 0 Å². The lowest BCUT2D eigenvalue weighted by Gasteiger charge is -2.14. The van der Waals surface area contributed by atoms with Gasteiger partial charge >= 0.3 is 0 Å². The Hall–Kier alpha value is -2.96. The molecule has 0 unspecified atom stereocenters. The zero-order valence-corrected chi connectivity index (χ0v) is 17.5. The van der Waals surface area contributed by atoms with E-state index in [2.05, 4.69) is 0 Å². The maximum absolute atomic E-state index is 13.5. The largest absolute Gasteiger partial charge is 0.496 e. The average molecular weight is 423 g/mol. The van der Waals surface area contributed by atoms with Crippen molar-refractivity contribution >= 4 is 31.3 Å². The van der Waals surface area contributed by atoms with Crippen molar-refractivity contribution in [1.29, 1.82) is 0 Å². The SMILES string of the molecule is COc1ccccc1-c1c(-c2ccc(S(C)(=O)=O)cc2)sc2ccccc2c1=O. The Morgan fingerprint density at radius 2 is 1.52 bits per heavy atom. The Morgan fingerprint density at radius 3 is 2.21 bits per heavy atom. The topological polar surface area (TPSA) is 60.4 Å². The summed E-state index contributed by atoms with van der Waals surface area (Å²) in [5, 5.41) is 0.648. The van der Waals surface area contributed by atoms with Gasteiger partial charge in [0.2, 0.25) is 0 Å². The smallest absolute Gasteiger partial charge is 0.196 e. The number of para-hydroxylation sites is 1. The van der Waals surface area contributed by atoms with E-state index < -0.39 is 9.84 Å². The first-order valence-corrected chi connectivity index (χ1v) is 11.6. The molecule has 6 heteroatoms. The lowest BCUT2D eigenvalue weighted by Crippen LogP contribution is -2.07. The molecule has 4 rings (SSSR count). The van der Waals surface area contributed by atoms with Crippen LogP contribution in [0.25, 0.3) is 31.7 Å². The summed E-state index contributed by atoms with van der Waals surface area (Å²) >= 11 is 1.50. The highest BCUT2D eigenvalue weighted by atomic mass is 32.2. The molecule has 4 nitrogen and oxygen atoms in total. The van der Waals surface area contributed by atoms with Crippen molar-refractivity contribution in [3.63, 3.8) is 0 Å². The van der Waals surface area contributed by atoms with Crippen molar-refractivity contribution in [3.8, 4) is 27.3 Å². The molecule has 0 aliphatic rings. The van der Waals surface area contributed by atoms with Gasteiger partial charge in [-0.2, -0.15) is 0 Å². The van der Waals surface area contributed by atoms with Gasteiger partial charge in [0.1, 0.15) is 5.75 Å². The Labute approximate surface area is 173 Å². The van der Waals surface area contributed by atoms with Crippen LogP contribution in [-0.2, 0) is 9.84 Å². The number of methoxy groups -OCH3 is 1. The molecule has 0 amide bonds. The van der Waals surface area contributed by atoms with Crippen LogP contribution in [0, 0.1) is 0 Å². The van der Waals surface area contributed by atoms with E-state index in [1.165, 1.54) is 17.6 Å². The molecule has 0 bridgehead atoms. The maximum Gasteiger partial charge on any atom is 0.196 e. The molecule has 0 spiro atoms. The molecule has 1 aromatic heterocycles. The first-order chi connectivity index (χ1) is 13.9. The van der Waals surface area contributed by atoms with Crippen molar-refractivity contribution in [1.82, 2.24) is 0 Å². The number of ether oxygens (including phenoxy) is 1. The fourth-order valence-corrected chi connectivity index (χ4v) is 5.12. The fraction of sp³-hybridized carbons (Fsp3) is 0.0870. The number of hydrogen-bond donors (Lipinski definition) is 0. The molecule has 146 valence electrons. The second-order valence-electron chi connectivity index (χ2n) is 6.63. The highest BCUT2D eigenvalue weighted by Crippen LogP contribution is 2.40. The van der Waals surface area contributed by atoms with E-state index in [9.17, 15) is 13.2 Å². The Bertz CT molecular complexity index is 1370. The van der Waals surface area contributed by atoms with Gasteiger partial charge < -0.3 is 4.74 Å². The van der Waals surface area contributed by atoms with Gasteiger partial charge in [0.15, 0.2) is 15.3 Å². The Kier molecular flexibility index (Phi) is 4.98. The van der Waals surface area contributed by atoms with Gasteiger partial charge in [0.05, 0.1) is 17.6 Å². The number of fused-ring (bicyclic) bond motifs is 1. The number of rotatable bonds is 4. The molecule has 29 heavy (non-hydrogen) atoms. The summed E-state index contributed by atoms with van der Waals surface area (Å²) in [6.45, 7) is 0. The summed E-state index contributed by atoms with van der Waals surface area (Å²) in [6, 6.07) is 21.5. The number of benzene rings is 3. The maximum atomic E-state index is 13.5. The zero-order chi connectivity index (χ0) is 20.6. The lowest BCUT2D eigenvalue weighted by molar-refractivity contribution is 0.416. The van der Waals surface area contributed by atoms with Crippen LogP contribution in [0.4, 0.5) is 0 Å². The van der Waals surface area contributed by atoms with Crippen LogP contribution < -0.4 is 10.2 Å². The molecule has 0 atom stereocenters. The Morgan fingerprint density at radius 1 is 0.862 bits per heavy atom. The lowest BCUT2D eigenvalue weighted by atomic mass is 9.99. The predicted molar refractivity (Wildman–Crippen MR) is 119 cm³/mol. The summed E-state index contributed by atoms with van der Waals surface area (Å²) < 4.78 is 30.0. The van der Waals surface area contributed by atoms with Crippen LogP contribution in [0.15, 0.2) is 82.5 Å². The van der Waals surface area contributed by atoms with Gasteiger partial charge in [-0.25, -0.2) is 8.42 Å². The predicted octanol–water partition coefficient (Wildman–Crippen LogP) is 5.01. The minimum Gasteiger partial charge on any atom is -0.496 e. The van der Waals surface area contributed by atoms with Crippen molar-refractivity contribution in [2.24, 2.45) is 0 Å². The van der Waals surface area contributed by atoms with E-state index in [0.717, 1.165) is 15.1 Å². The molecular formula is C23H18O4S2. The van der Waals surface area contributed by atoms with Crippen molar-refractivity contribution < 1.29 is 13.2 Å². The van der Waals surface area contributed by atoms with Gasteiger partial charge in [0.25, 0.3) is 0 Å². The molecule has 0 saturated carbocycles. The summed E-state index contributed by atoms with van der Waals surface area (Å²) in [5.41, 5.74) is 1.97. The fourth-order valence-electron chi connectivity index (χ4n) is 3.29. The molecule has 0 saturated heterocycles. The molecule has 0 N–H and O–H groups in total. The molecule has 0 radical (unpaired) electrons. The number of sulfone groups is 1. The molecular weight excluding hydrogens is 404 g/mol. The van der Waals surface area contributed by atoms with Crippen LogP contribution in [0.1, 0.15) is 0 Å². The van der Waals surface area contributed by atoms with Crippen LogP contribution >= 0.6 is 11.3 Å². The number of hydrogen-bond acceptors (Lipinski definition) is 5. The standard InChI is InChI=1S/C23H18O4S2/c1-27-19-9-5-3-7-17(19)21-22(24)18-8-4-6-10-20(18)28-23(21)15-11-13-16(14-12-15)29(2,25)26/h3-14H,1-2H3. The first kappa shape index (κ1) is 19.4. The molecule has 4 aromatic rings. The highest BCUT2D eigenvalue weighted by molar-refractivity contribution is 7.90. The third kappa shape index (κ3) is 3.57. The summed E-state index contributed by atoms with van der Waals surface area (Å²) in [6.07, 6.45) is 1.18. The third-order valence-corrected chi connectivity index (χ3v) is 7.07. The average Bonchev–Trinajstić information content (AvgIpc) is 2.73. The van der Waals surface area contributed by atoms with E-state index in [1.807, 2.05) is 48.5 Å². The highest BCUT2D eigenvalue weighted by Gasteiger charge is 2.19. The second-order valence-corrected chi connectivity index (χ2v) is 9.70. The molecule has 3 aromatic carbocycles. The van der Waals surface area contributed by atoms with E-state index in [0.29, 0.717) is 22.3 Å². The van der Waals surface area contributed by atoms with Crippen LogP contribution in [0.5, 0.6) is 5.75 Å². The van der Waals surface area contributed by atoms with E-state index in [-0.39, 0.29) is 10.3 Å². The summed E-state index contributed by atoms with van der Waals surface area (Å²) in [7, 11) is -1.72. The normalized spacial score (nSPS) is 11.5. The molecule has 0 aliphatic carbocycles. The minimum atomic E-state index is -3.30. The Balaban J connectivity index is 2.06. The first-order valence-electron chi connectivity index (χ1n) is 8.90. The van der Waals surface area contributed by atoms with E-state index in [1.54, 1.807) is 31.4 Å². The van der Waals surface area contributed by atoms with Gasteiger partial charge in [0, 0.05) is 26.8 Å². The monoisotopic (exact) mass is 422 g/mol. The van der Waals surface area contributed by atoms with Crippen molar-refractivity contribution in [3.05, 3.63) is 83.0 Å². The quantitative estimate of drug-likeness (QED) is 0.464. The third-order valence-electron chi connectivity index (χ3n) is 4.72. The van der Waals surface area contributed by atoms with E-state index in [4.69, 9.17) is 4.74 Å². The zero-order valence-electron chi connectivity index (χ0n) is 15.9. The van der Waals surface area contributed by atoms with Crippen LogP contribution in [-0.4, -0.2) is 21.8 Å². The van der Waals surface area contributed by atoms with Gasteiger partial charge in [-0.1, -0.05) is 42.5 Å².